The zero-order valence-corrected chi connectivity index (χ0v) is 14.7. The van der Waals surface area contributed by atoms with Crippen molar-refractivity contribution in [2.24, 2.45) is 10.8 Å². The lowest BCUT2D eigenvalue weighted by Crippen LogP contribution is -2.26. The number of phenolic OH excluding ortho intramolecular Hbond substituents is 1. The van der Waals surface area contributed by atoms with Gasteiger partial charge in [-0.05, 0) is 42.5 Å². The van der Waals surface area contributed by atoms with Gasteiger partial charge in [-0.15, -0.1) is 0 Å². The molecule has 2 aromatic carbocycles. The quantitative estimate of drug-likeness (QED) is 0.397. The monoisotopic (exact) mass is 427 g/mol. The molecule has 0 bridgehead atoms. The highest BCUT2D eigenvalue weighted by Crippen LogP contribution is 2.23. The van der Waals surface area contributed by atoms with E-state index in [9.17, 15) is 5.11 Å². The van der Waals surface area contributed by atoms with Gasteiger partial charge in [0, 0.05) is 20.1 Å². The fourth-order valence-electron chi connectivity index (χ4n) is 1.75. The Morgan fingerprint density at radius 3 is 2.33 bits per heavy atom. The molecule has 2 aromatic rings. The van der Waals surface area contributed by atoms with E-state index in [4.69, 9.17) is 18.0 Å². The van der Waals surface area contributed by atoms with E-state index in [2.05, 4.69) is 42.4 Å². The lowest BCUT2D eigenvalue weighted by atomic mass is 10.0. The fraction of sp³-hybridized carbons (Fsp3) is 0. The molecule has 21 heavy (non-hydrogen) atoms. The molecule has 0 amide bonds. The van der Waals surface area contributed by atoms with Crippen LogP contribution in [0, 0.1) is 0 Å². The average molecular weight is 429 g/mol. The third-order valence-electron chi connectivity index (χ3n) is 2.53. The number of phenols is 1. The Balaban J connectivity index is 2.55. The summed E-state index contributed by atoms with van der Waals surface area (Å²) >= 11 is 11.7. The van der Waals surface area contributed by atoms with Crippen molar-refractivity contribution in [3.8, 4) is 5.75 Å². The Hall–Kier alpha value is -1.44. The minimum Gasteiger partial charge on any atom is -0.508 e. The zero-order chi connectivity index (χ0) is 15.4. The number of hydrazone groups is 1. The summed E-state index contributed by atoms with van der Waals surface area (Å²) in [6.07, 6.45) is 0. The summed E-state index contributed by atoms with van der Waals surface area (Å²) in [4.78, 5) is 0. The highest BCUT2D eigenvalue weighted by atomic mass is 79.9. The van der Waals surface area contributed by atoms with E-state index < -0.39 is 0 Å². The van der Waals surface area contributed by atoms with Gasteiger partial charge < -0.3 is 10.8 Å². The molecule has 2 rings (SSSR count). The predicted molar refractivity (Wildman–Crippen MR) is 95.5 cm³/mol. The molecule has 108 valence electrons. The van der Waals surface area contributed by atoms with E-state index in [0.717, 1.165) is 20.1 Å². The van der Waals surface area contributed by atoms with Gasteiger partial charge in [-0.1, -0.05) is 44.0 Å². The molecule has 0 aliphatic carbocycles. The van der Waals surface area contributed by atoms with Crippen LogP contribution in [-0.4, -0.2) is 15.9 Å². The van der Waals surface area contributed by atoms with Crippen LogP contribution >= 0.6 is 44.1 Å². The molecule has 0 saturated heterocycles. The number of hydrogen-bond acceptors (Lipinski definition) is 3. The Kier molecular flexibility index (Phi) is 5.33. The normalized spacial score (nSPS) is 11.2. The number of halogens is 2. The minimum atomic E-state index is 0.0710. The van der Waals surface area contributed by atoms with Gasteiger partial charge in [-0.3, -0.25) is 5.43 Å². The van der Waals surface area contributed by atoms with Crippen molar-refractivity contribution < 1.29 is 5.11 Å². The molecular formula is C14H11Br2N3OS. The van der Waals surface area contributed by atoms with Crippen molar-refractivity contribution in [3.63, 3.8) is 0 Å². The highest BCUT2D eigenvalue weighted by molar-refractivity contribution is 9.11. The van der Waals surface area contributed by atoms with Crippen LogP contribution in [0.25, 0.3) is 0 Å². The van der Waals surface area contributed by atoms with Crippen LogP contribution < -0.4 is 11.2 Å². The van der Waals surface area contributed by atoms with Gasteiger partial charge in [0.15, 0.2) is 5.11 Å². The summed E-state index contributed by atoms with van der Waals surface area (Å²) in [5.41, 5.74) is 10.2. The fourth-order valence-corrected chi connectivity index (χ4v) is 3.09. The molecule has 0 radical (unpaired) electrons. The minimum absolute atomic E-state index is 0.0710. The smallest absolute Gasteiger partial charge is 0.184 e. The van der Waals surface area contributed by atoms with Crippen molar-refractivity contribution in [1.82, 2.24) is 5.43 Å². The standard InChI is InChI=1S/C14H11Br2N3OS/c15-10-4-9(5-11(16)7-10)13(18-19-14(17)21)8-2-1-3-12(20)6-8/h1-7,20H,(H3,17,19,21). The second-order valence-electron chi connectivity index (χ2n) is 4.14. The van der Waals surface area contributed by atoms with Gasteiger partial charge in [0.05, 0.1) is 5.71 Å². The SMILES string of the molecule is NC(=S)NN=C(c1cccc(O)c1)c1cc(Br)cc(Br)c1. The molecule has 0 aliphatic heterocycles. The molecule has 0 saturated carbocycles. The first-order valence-electron chi connectivity index (χ1n) is 5.85. The lowest BCUT2D eigenvalue weighted by Gasteiger charge is -2.09. The number of rotatable bonds is 3. The van der Waals surface area contributed by atoms with E-state index >= 15 is 0 Å². The summed E-state index contributed by atoms with van der Waals surface area (Å²) < 4.78 is 1.80. The van der Waals surface area contributed by atoms with Crippen LogP contribution in [0.1, 0.15) is 11.1 Å². The van der Waals surface area contributed by atoms with E-state index in [1.807, 2.05) is 24.3 Å². The molecule has 0 fully saturated rings. The Morgan fingerprint density at radius 1 is 1.10 bits per heavy atom. The van der Waals surface area contributed by atoms with Crippen molar-refractivity contribution in [3.05, 3.63) is 62.5 Å². The molecule has 4 N–H and O–H groups in total. The maximum atomic E-state index is 9.65. The van der Waals surface area contributed by atoms with Gasteiger partial charge in [-0.25, -0.2) is 0 Å². The molecule has 0 spiro atoms. The molecule has 7 heteroatoms. The first kappa shape index (κ1) is 15.9. The van der Waals surface area contributed by atoms with Crippen LogP contribution in [0.3, 0.4) is 0 Å². The Labute approximate surface area is 144 Å². The first-order chi connectivity index (χ1) is 9.95. The second-order valence-corrected chi connectivity index (χ2v) is 6.42. The number of nitrogens with two attached hydrogens (primary N) is 1. The van der Waals surface area contributed by atoms with Crippen LogP contribution in [0.4, 0.5) is 0 Å². The average Bonchev–Trinajstić information content (AvgIpc) is 2.37. The van der Waals surface area contributed by atoms with Gasteiger partial charge in [0.2, 0.25) is 0 Å². The van der Waals surface area contributed by atoms with Crippen molar-refractivity contribution in [1.29, 1.82) is 0 Å². The number of nitrogens with zero attached hydrogens (tertiary/aromatic N) is 1. The van der Waals surface area contributed by atoms with Crippen LogP contribution in [0.15, 0.2) is 56.5 Å². The molecular weight excluding hydrogens is 418 g/mol. The number of aromatic hydroxyl groups is 1. The van der Waals surface area contributed by atoms with Crippen LogP contribution in [0.2, 0.25) is 0 Å². The van der Waals surface area contributed by atoms with Crippen LogP contribution in [-0.2, 0) is 0 Å². The summed E-state index contributed by atoms with van der Waals surface area (Å²) in [7, 11) is 0. The van der Waals surface area contributed by atoms with Gasteiger partial charge in [0.25, 0.3) is 0 Å². The maximum absolute atomic E-state index is 9.65. The summed E-state index contributed by atoms with van der Waals surface area (Å²) in [5.74, 6) is 0.157. The first-order valence-corrected chi connectivity index (χ1v) is 7.84. The summed E-state index contributed by atoms with van der Waals surface area (Å²) in [6.45, 7) is 0. The second kappa shape index (κ2) is 7.02. The summed E-state index contributed by atoms with van der Waals surface area (Å²) in [5, 5.41) is 14.0. The van der Waals surface area contributed by atoms with Gasteiger partial charge >= 0.3 is 0 Å². The largest absolute Gasteiger partial charge is 0.508 e. The van der Waals surface area contributed by atoms with E-state index in [-0.39, 0.29) is 10.9 Å². The number of benzene rings is 2. The Bertz CT molecular complexity index is 699. The molecule has 4 nitrogen and oxygen atoms in total. The molecule has 0 heterocycles. The van der Waals surface area contributed by atoms with Gasteiger partial charge in [0.1, 0.15) is 5.75 Å². The molecule has 0 aromatic heterocycles. The maximum Gasteiger partial charge on any atom is 0.184 e. The van der Waals surface area contributed by atoms with Crippen molar-refractivity contribution in [2.45, 2.75) is 0 Å². The molecule has 0 atom stereocenters. The van der Waals surface area contributed by atoms with Crippen molar-refractivity contribution in [2.75, 3.05) is 0 Å². The van der Waals surface area contributed by atoms with Gasteiger partial charge in [-0.2, -0.15) is 5.10 Å². The van der Waals surface area contributed by atoms with E-state index in [1.54, 1.807) is 18.2 Å². The zero-order valence-electron chi connectivity index (χ0n) is 10.7. The Morgan fingerprint density at radius 2 is 1.76 bits per heavy atom. The predicted octanol–water partition coefficient (Wildman–Crippen LogP) is 3.50. The molecule has 0 aliphatic rings. The van der Waals surface area contributed by atoms with Crippen LogP contribution in [0.5, 0.6) is 5.75 Å². The lowest BCUT2D eigenvalue weighted by molar-refractivity contribution is 0.475. The van der Waals surface area contributed by atoms with E-state index in [0.29, 0.717) is 5.71 Å². The third kappa shape index (κ3) is 4.52. The topological polar surface area (TPSA) is 70.6 Å². The highest BCUT2D eigenvalue weighted by Gasteiger charge is 2.10. The number of nitrogens with one attached hydrogen (secondary N) is 1. The third-order valence-corrected chi connectivity index (χ3v) is 3.54. The van der Waals surface area contributed by atoms with E-state index in [1.165, 1.54) is 0 Å². The molecule has 0 unspecified atom stereocenters. The number of hydrogen-bond donors (Lipinski definition) is 3. The summed E-state index contributed by atoms with van der Waals surface area (Å²) in [6, 6.07) is 12.5. The van der Waals surface area contributed by atoms with Crippen molar-refractivity contribution >= 4 is 54.9 Å². The number of thiocarbonyl (C=S) groups is 1.